The molecule has 0 spiro atoms. The highest BCUT2D eigenvalue weighted by atomic mass is 35.5. The Bertz CT molecular complexity index is 602. The molecule has 0 bridgehead atoms. The number of halogens is 2. The second kappa shape index (κ2) is 5.77. The molecule has 0 aliphatic carbocycles. The van der Waals surface area contributed by atoms with E-state index in [0.29, 0.717) is 5.69 Å². The topological polar surface area (TPSA) is 55.2 Å². The summed E-state index contributed by atoms with van der Waals surface area (Å²) in [6, 6.07) is 6.59. The van der Waals surface area contributed by atoms with Crippen molar-refractivity contribution in [1.82, 2.24) is 0 Å². The van der Waals surface area contributed by atoms with Gasteiger partial charge in [0.25, 0.3) is 5.69 Å². The van der Waals surface area contributed by atoms with Crippen LogP contribution >= 0.6 is 34.5 Å². The average molecular weight is 317 g/mol. The fraction of sp³-hybridized carbons (Fsp3) is 0.167. The second-order valence-corrected chi connectivity index (χ2v) is 5.72. The lowest BCUT2D eigenvalue weighted by Gasteiger charge is -2.14. The molecule has 1 aromatic carbocycles. The van der Waals surface area contributed by atoms with E-state index in [-0.39, 0.29) is 21.8 Å². The van der Waals surface area contributed by atoms with Gasteiger partial charge in [-0.1, -0.05) is 29.3 Å². The molecule has 2 aromatic rings. The lowest BCUT2D eigenvalue weighted by molar-refractivity contribution is -0.384. The largest absolute Gasteiger partial charge is 0.372 e. The third kappa shape index (κ3) is 3.18. The molecule has 0 saturated heterocycles. The minimum absolute atomic E-state index is 0.0454. The van der Waals surface area contributed by atoms with Gasteiger partial charge in [0.1, 0.15) is 5.69 Å². The Morgan fingerprint density at radius 2 is 2.05 bits per heavy atom. The Morgan fingerprint density at radius 3 is 2.63 bits per heavy atom. The first-order valence-corrected chi connectivity index (χ1v) is 7.06. The monoisotopic (exact) mass is 316 g/mol. The molecule has 1 aromatic heterocycles. The van der Waals surface area contributed by atoms with Crippen molar-refractivity contribution in [1.29, 1.82) is 0 Å². The zero-order valence-electron chi connectivity index (χ0n) is 9.89. The van der Waals surface area contributed by atoms with Crippen molar-refractivity contribution in [2.45, 2.75) is 13.0 Å². The standard InChI is InChI=1S/C12H10Cl2N2O2S/c1-7(12-3-2-4-19-12)15-10-5-8(13)9(14)6-11(10)16(17)18/h2-7,15H,1H3. The van der Waals surface area contributed by atoms with Gasteiger partial charge in [-0.2, -0.15) is 0 Å². The highest BCUT2D eigenvalue weighted by molar-refractivity contribution is 7.10. The molecule has 1 atom stereocenters. The number of anilines is 1. The van der Waals surface area contributed by atoms with Gasteiger partial charge in [0.15, 0.2) is 0 Å². The van der Waals surface area contributed by atoms with Crippen LogP contribution in [0.2, 0.25) is 10.0 Å². The summed E-state index contributed by atoms with van der Waals surface area (Å²) in [4.78, 5) is 11.6. The number of hydrogen-bond donors (Lipinski definition) is 1. The van der Waals surface area contributed by atoms with Crippen LogP contribution in [0.25, 0.3) is 0 Å². The van der Waals surface area contributed by atoms with Crippen molar-refractivity contribution < 1.29 is 4.92 Å². The SMILES string of the molecule is CC(Nc1cc(Cl)c(Cl)cc1[N+](=O)[O-])c1cccs1. The van der Waals surface area contributed by atoms with Crippen LogP contribution in [0.15, 0.2) is 29.6 Å². The molecule has 1 heterocycles. The van der Waals surface area contributed by atoms with Crippen molar-refractivity contribution >= 4 is 45.9 Å². The summed E-state index contributed by atoms with van der Waals surface area (Å²) in [5.74, 6) is 0. The minimum Gasteiger partial charge on any atom is -0.372 e. The van der Waals surface area contributed by atoms with Crippen LogP contribution < -0.4 is 5.32 Å². The van der Waals surface area contributed by atoms with E-state index in [9.17, 15) is 10.1 Å². The van der Waals surface area contributed by atoms with E-state index in [1.807, 2.05) is 24.4 Å². The number of hydrogen-bond acceptors (Lipinski definition) is 4. The van der Waals surface area contributed by atoms with Crippen LogP contribution in [0.3, 0.4) is 0 Å². The van der Waals surface area contributed by atoms with Crippen molar-refractivity contribution in [2.75, 3.05) is 5.32 Å². The summed E-state index contributed by atoms with van der Waals surface area (Å²) in [6.45, 7) is 1.93. The predicted molar refractivity (Wildman–Crippen MR) is 79.5 cm³/mol. The number of nitro groups is 1. The van der Waals surface area contributed by atoms with E-state index in [1.165, 1.54) is 12.1 Å². The first kappa shape index (κ1) is 14.1. The van der Waals surface area contributed by atoms with Gasteiger partial charge in [0.05, 0.1) is 21.0 Å². The molecule has 0 radical (unpaired) electrons. The number of nitro benzene ring substituents is 1. The van der Waals surface area contributed by atoms with Crippen molar-refractivity contribution in [2.24, 2.45) is 0 Å². The molecule has 2 rings (SSSR count). The highest BCUT2D eigenvalue weighted by Gasteiger charge is 2.19. The van der Waals surface area contributed by atoms with Crippen molar-refractivity contribution in [3.05, 3.63) is 54.7 Å². The van der Waals surface area contributed by atoms with E-state index in [1.54, 1.807) is 11.3 Å². The number of benzene rings is 1. The molecule has 100 valence electrons. The van der Waals surface area contributed by atoms with Crippen LogP contribution in [-0.4, -0.2) is 4.92 Å². The number of nitrogens with one attached hydrogen (secondary N) is 1. The first-order chi connectivity index (χ1) is 8.99. The molecule has 1 unspecified atom stereocenters. The normalized spacial score (nSPS) is 12.2. The molecule has 4 nitrogen and oxygen atoms in total. The summed E-state index contributed by atoms with van der Waals surface area (Å²) < 4.78 is 0. The third-order valence-corrected chi connectivity index (χ3v) is 4.35. The summed E-state index contributed by atoms with van der Waals surface area (Å²) >= 11 is 13.3. The molecular weight excluding hydrogens is 307 g/mol. The van der Waals surface area contributed by atoms with E-state index in [0.717, 1.165) is 4.88 Å². The van der Waals surface area contributed by atoms with E-state index in [2.05, 4.69) is 5.32 Å². The maximum Gasteiger partial charge on any atom is 0.293 e. The zero-order valence-corrected chi connectivity index (χ0v) is 12.2. The lowest BCUT2D eigenvalue weighted by atomic mass is 10.2. The molecule has 1 N–H and O–H groups in total. The summed E-state index contributed by atoms with van der Waals surface area (Å²) in [5.41, 5.74) is 0.276. The smallest absolute Gasteiger partial charge is 0.293 e. The highest BCUT2D eigenvalue weighted by Crippen LogP contribution is 2.36. The maximum atomic E-state index is 11.0. The minimum atomic E-state index is -0.480. The van der Waals surface area contributed by atoms with Crippen LogP contribution in [0, 0.1) is 10.1 Å². The third-order valence-electron chi connectivity index (χ3n) is 2.58. The quantitative estimate of drug-likeness (QED) is 0.628. The Balaban J connectivity index is 2.33. The van der Waals surface area contributed by atoms with Crippen LogP contribution in [0.5, 0.6) is 0 Å². The number of rotatable bonds is 4. The van der Waals surface area contributed by atoms with E-state index >= 15 is 0 Å². The zero-order chi connectivity index (χ0) is 14.0. The number of thiophene rings is 1. The summed E-state index contributed by atoms with van der Waals surface area (Å²) in [5, 5.41) is 16.5. The fourth-order valence-corrected chi connectivity index (χ4v) is 2.70. The van der Waals surface area contributed by atoms with Gasteiger partial charge < -0.3 is 5.32 Å². The van der Waals surface area contributed by atoms with Crippen molar-refractivity contribution in [3.8, 4) is 0 Å². The van der Waals surface area contributed by atoms with Crippen LogP contribution in [-0.2, 0) is 0 Å². The Hall–Kier alpha value is -1.30. The predicted octanol–water partition coefficient (Wildman–Crippen LogP) is 5.14. The van der Waals surface area contributed by atoms with Gasteiger partial charge in [0.2, 0.25) is 0 Å². The second-order valence-electron chi connectivity index (χ2n) is 3.92. The van der Waals surface area contributed by atoms with Gasteiger partial charge in [0, 0.05) is 10.9 Å². The molecule has 0 aliphatic rings. The molecule has 0 amide bonds. The van der Waals surface area contributed by atoms with E-state index in [4.69, 9.17) is 23.2 Å². The van der Waals surface area contributed by atoms with Gasteiger partial charge in [-0.3, -0.25) is 10.1 Å². The van der Waals surface area contributed by atoms with Gasteiger partial charge in [-0.25, -0.2) is 0 Å². The average Bonchev–Trinajstić information content (AvgIpc) is 2.86. The molecule has 19 heavy (non-hydrogen) atoms. The first-order valence-electron chi connectivity index (χ1n) is 5.42. The fourth-order valence-electron chi connectivity index (χ4n) is 1.65. The summed E-state index contributed by atoms with van der Waals surface area (Å²) in [7, 11) is 0. The van der Waals surface area contributed by atoms with Crippen LogP contribution in [0.4, 0.5) is 11.4 Å². The van der Waals surface area contributed by atoms with Gasteiger partial charge >= 0.3 is 0 Å². The molecule has 0 fully saturated rings. The number of nitrogens with zero attached hydrogens (tertiary/aromatic N) is 1. The Morgan fingerprint density at radius 1 is 1.37 bits per heavy atom. The molecule has 7 heteroatoms. The van der Waals surface area contributed by atoms with E-state index < -0.39 is 4.92 Å². The van der Waals surface area contributed by atoms with Crippen LogP contribution in [0.1, 0.15) is 17.8 Å². The van der Waals surface area contributed by atoms with Crippen molar-refractivity contribution in [3.63, 3.8) is 0 Å². The molecule has 0 aliphatic heterocycles. The molecular formula is C12H10Cl2N2O2S. The van der Waals surface area contributed by atoms with Gasteiger partial charge in [-0.05, 0) is 24.4 Å². The molecule has 0 saturated carbocycles. The summed E-state index contributed by atoms with van der Waals surface area (Å²) in [6.07, 6.45) is 0. The Kier molecular flexibility index (Phi) is 4.29. The lowest BCUT2D eigenvalue weighted by Crippen LogP contribution is -2.07. The Labute approximate surface area is 124 Å². The maximum absolute atomic E-state index is 11.0. The van der Waals surface area contributed by atoms with Gasteiger partial charge in [-0.15, -0.1) is 11.3 Å².